The van der Waals surface area contributed by atoms with Crippen molar-refractivity contribution in [2.45, 2.75) is 38.3 Å². The third-order valence-corrected chi connectivity index (χ3v) is 4.59. The molecule has 2 N–H and O–H groups in total. The van der Waals surface area contributed by atoms with E-state index < -0.39 is 0 Å². The molecule has 2 aromatic heterocycles. The lowest BCUT2D eigenvalue weighted by atomic mass is 9.97. The summed E-state index contributed by atoms with van der Waals surface area (Å²) >= 11 is 0. The number of hydrazine groups is 1. The first-order valence-corrected chi connectivity index (χ1v) is 8.55. The molecular formula is C19H21N5O. The summed E-state index contributed by atoms with van der Waals surface area (Å²) in [6.07, 6.45) is 4.30. The average molecular weight is 335 g/mol. The van der Waals surface area contributed by atoms with Crippen LogP contribution in [0.2, 0.25) is 0 Å². The van der Waals surface area contributed by atoms with Crippen LogP contribution >= 0.6 is 0 Å². The summed E-state index contributed by atoms with van der Waals surface area (Å²) in [6, 6.07) is 12.7. The Morgan fingerprint density at radius 1 is 1.00 bits per heavy atom. The van der Waals surface area contributed by atoms with E-state index in [1.807, 2.05) is 12.1 Å². The third-order valence-electron chi connectivity index (χ3n) is 4.59. The predicted molar refractivity (Wildman–Crippen MR) is 94.4 cm³/mol. The van der Waals surface area contributed by atoms with Gasteiger partial charge in [0.15, 0.2) is 0 Å². The van der Waals surface area contributed by atoms with Gasteiger partial charge in [0.25, 0.3) is 0 Å². The van der Waals surface area contributed by atoms with Gasteiger partial charge in [0.1, 0.15) is 6.04 Å². The van der Waals surface area contributed by atoms with Gasteiger partial charge in [-0.2, -0.15) is 4.98 Å². The summed E-state index contributed by atoms with van der Waals surface area (Å²) < 4.78 is 5.45. The molecule has 1 aliphatic rings. The highest BCUT2D eigenvalue weighted by molar-refractivity contribution is 5.52. The fraction of sp³-hybridized carbons (Fsp3) is 0.316. The van der Waals surface area contributed by atoms with Crippen molar-refractivity contribution in [3.8, 4) is 11.4 Å². The van der Waals surface area contributed by atoms with Gasteiger partial charge >= 0.3 is 0 Å². The summed E-state index contributed by atoms with van der Waals surface area (Å²) in [5, 5.41) is 4.08. The third kappa shape index (κ3) is 3.31. The highest BCUT2D eigenvalue weighted by Crippen LogP contribution is 2.31. The Morgan fingerprint density at radius 3 is 2.44 bits per heavy atom. The molecule has 3 aromatic rings. The van der Waals surface area contributed by atoms with E-state index in [0.717, 1.165) is 12.0 Å². The van der Waals surface area contributed by atoms with Crippen LogP contribution in [0.5, 0.6) is 0 Å². The number of hydrogen-bond donors (Lipinski definition) is 2. The molecule has 1 aliphatic heterocycles. The number of hydrogen-bond acceptors (Lipinski definition) is 6. The van der Waals surface area contributed by atoms with Crippen LogP contribution in [0.15, 0.2) is 53.3 Å². The minimum atomic E-state index is -0.00198. The Balaban J connectivity index is 1.46. The second-order valence-corrected chi connectivity index (χ2v) is 6.64. The van der Waals surface area contributed by atoms with Crippen LogP contribution in [0.25, 0.3) is 11.4 Å². The number of nitrogens with one attached hydrogen (secondary N) is 2. The number of benzene rings is 1. The first-order chi connectivity index (χ1) is 12.2. The van der Waals surface area contributed by atoms with Crippen LogP contribution in [0.1, 0.15) is 55.3 Å². The molecule has 0 saturated carbocycles. The molecule has 6 nitrogen and oxygen atoms in total. The summed E-state index contributed by atoms with van der Waals surface area (Å²) in [4.78, 5) is 8.53. The highest BCUT2D eigenvalue weighted by Gasteiger charge is 2.30. The quantitative estimate of drug-likeness (QED) is 0.759. The molecule has 2 atom stereocenters. The molecule has 3 heterocycles. The summed E-state index contributed by atoms with van der Waals surface area (Å²) in [7, 11) is 0. The van der Waals surface area contributed by atoms with Crippen molar-refractivity contribution in [3.05, 3.63) is 65.8 Å². The average Bonchev–Trinajstić information content (AvgIpc) is 3.32. The van der Waals surface area contributed by atoms with E-state index in [1.54, 1.807) is 12.4 Å². The van der Waals surface area contributed by atoms with Crippen molar-refractivity contribution in [2.75, 3.05) is 0 Å². The Morgan fingerprint density at radius 2 is 1.72 bits per heavy atom. The number of aromatic nitrogens is 3. The normalized spacial score (nSPS) is 20.3. The van der Waals surface area contributed by atoms with E-state index in [-0.39, 0.29) is 12.1 Å². The Hall–Kier alpha value is -2.57. The second kappa shape index (κ2) is 6.74. The molecule has 6 heteroatoms. The molecular weight excluding hydrogens is 314 g/mol. The molecule has 0 aliphatic carbocycles. The molecule has 1 fully saturated rings. The van der Waals surface area contributed by atoms with Crippen molar-refractivity contribution < 1.29 is 4.52 Å². The van der Waals surface area contributed by atoms with Gasteiger partial charge in [-0.3, -0.25) is 4.98 Å². The van der Waals surface area contributed by atoms with E-state index >= 15 is 0 Å². The number of nitrogens with zero attached hydrogens (tertiary/aromatic N) is 3. The molecule has 0 bridgehead atoms. The summed E-state index contributed by atoms with van der Waals surface area (Å²) in [5.41, 5.74) is 10.1. The molecule has 0 spiro atoms. The maximum atomic E-state index is 5.45. The Labute approximate surface area is 146 Å². The highest BCUT2D eigenvalue weighted by atomic mass is 16.5. The van der Waals surface area contributed by atoms with Crippen LogP contribution in [0.3, 0.4) is 0 Å². The molecule has 2 unspecified atom stereocenters. The van der Waals surface area contributed by atoms with Crippen LogP contribution in [-0.2, 0) is 0 Å². The van der Waals surface area contributed by atoms with Gasteiger partial charge in [-0.25, -0.2) is 10.9 Å². The first kappa shape index (κ1) is 15.9. The lowest BCUT2D eigenvalue weighted by Gasteiger charge is -2.11. The van der Waals surface area contributed by atoms with Gasteiger partial charge in [-0.1, -0.05) is 43.3 Å². The fourth-order valence-electron chi connectivity index (χ4n) is 3.04. The van der Waals surface area contributed by atoms with Crippen molar-refractivity contribution in [3.63, 3.8) is 0 Å². The molecule has 4 rings (SSSR count). The number of pyridine rings is 1. The molecule has 0 radical (unpaired) electrons. The van der Waals surface area contributed by atoms with Crippen LogP contribution in [0, 0.1) is 0 Å². The Bertz CT molecular complexity index is 829. The van der Waals surface area contributed by atoms with E-state index in [4.69, 9.17) is 4.52 Å². The van der Waals surface area contributed by atoms with E-state index in [2.05, 4.69) is 64.1 Å². The molecule has 1 saturated heterocycles. The van der Waals surface area contributed by atoms with Gasteiger partial charge in [-0.15, -0.1) is 0 Å². The van der Waals surface area contributed by atoms with Gasteiger partial charge in [0, 0.05) is 24.0 Å². The monoisotopic (exact) mass is 335 g/mol. The van der Waals surface area contributed by atoms with Crippen LogP contribution < -0.4 is 10.9 Å². The topological polar surface area (TPSA) is 75.9 Å². The van der Waals surface area contributed by atoms with Crippen LogP contribution in [0.4, 0.5) is 0 Å². The van der Waals surface area contributed by atoms with Gasteiger partial charge in [0.05, 0.1) is 0 Å². The van der Waals surface area contributed by atoms with Gasteiger partial charge in [0.2, 0.25) is 11.7 Å². The molecule has 1 aromatic carbocycles. The Kier molecular flexibility index (Phi) is 4.29. The lowest BCUT2D eigenvalue weighted by molar-refractivity contribution is 0.340. The zero-order chi connectivity index (χ0) is 17.2. The molecule has 128 valence electrons. The lowest BCUT2D eigenvalue weighted by Crippen LogP contribution is -2.26. The maximum Gasteiger partial charge on any atom is 0.245 e. The van der Waals surface area contributed by atoms with E-state index in [0.29, 0.717) is 17.6 Å². The maximum absolute atomic E-state index is 5.45. The van der Waals surface area contributed by atoms with Gasteiger partial charge < -0.3 is 4.52 Å². The zero-order valence-corrected chi connectivity index (χ0v) is 14.3. The zero-order valence-electron chi connectivity index (χ0n) is 14.3. The van der Waals surface area contributed by atoms with Crippen molar-refractivity contribution in [2.24, 2.45) is 0 Å². The second-order valence-electron chi connectivity index (χ2n) is 6.64. The van der Waals surface area contributed by atoms with Gasteiger partial charge in [-0.05, 0) is 35.6 Å². The van der Waals surface area contributed by atoms with Crippen molar-refractivity contribution in [1.29, 1.82) is 0 Å². The SMILES string of the molecule is CC(C)c1ccc(C2CC(c3nc(-c4ccncc4)no3)NN2)cc1. The largest absolute Gasteiger partial charge is 0.337 e. The fourth-order valence-corrected chi connectivity index (χ4v) is 3.04. The smallest absolute Gasteiger partial charge is 0.245 e. The van der Waals surface area contributed by atoms with Crippen molar-refractivity contribution >= 4 is 0 Å². The first-order valence-electron chi connectivity index (χ1n) is 8.55. The molecule has 25 heavy (non-hydrogen) atoms. The van der Waals surface area contributed by atoms with E-state index in [9.17, 15) is 0 Å². The molecule has 0 amide bonds. The van der Waals surface area contributed by atoms with Crippen LogP contribution in [-0.4, -0.2) is 15.1 Å². The van der Waals surface area contributed by atoms with E-state index in [1.165, 1.54) is 11.1 Å². The summed E-state index contributed by atoms with van der Waals surface area (Å²) in [6.45, 7) is 4.41. The number of rotatable bonds is 4. The standard InChI is InChI=1S/C19H21N5O/c1-12(2)13-3-5-14(6-4-13)16-11-17(23-22-16)19-21-18(24-25-19)15-7-9-20-10-8-15/h3-10,12,16-17,22-23H,11H2,1-2H3. The minimum absolute atomic E-state index is 0.00198. The van der Waals surface area contributed by atoms with Crippen molar-refractivity contribution in [1.82, 2.24) is 26.0 Å². The minimum Gasteiger partial charge on any atom is -0.337 e. The predicted octanol–water partition coefficient (Wildman–Crippen LogP) is 3.54. The summed E-state index contributed by atoms with van der Waals surface area (Å²) in [5.74, 6) is 1.73.